The maximum absolute atomic E-state index is 13.7. The van der Waals surface area contributed by atoms with E-state index in [9.17, 15) is 4.39 Å². The van der Waals surface area contributed by atoms with Crippen LogP contribution >= 0.6 is 0 Å². The fourth-order valence-corrected chi connectivity index (χ4v) is 5.38. The number of hydrogen-bond donors (Lipinski definition) is 0. The Kier molecular flexibility index (Phi) is 5.17. The first-order valence-electron chi connectivity index (χ1n) is 10.7. The van der Waals surface area contributed by atoms with Crippen molar-refractivity contribution in [3.63, 3.8) is 0 Å². The summed E-state index contributed by atoms with van der Waals surface area (Å²) in [6, 6.07) is 17.6. The number of nitrogens with zero attached hydrogens (tertiary/aromatic N) is 2. The summed E-state index contributed by atoms with van der Waals surface area (Å²) in [6.45, 7) is 9.45. The molecule has 0 amide bonds. The second-order valence-corrected chi connectivity index (χ2v) is 10.3. The van der Waals surface area contributed by atoms with Crippen molar-refractivity contribution >= 4 is 5.57 Å². The Bertz CT molecular complexity index is 1050. The minimum atomic E-state index is -0.196. The molecule has 0 spiro atoms. The average Bonchev–Trinajstić information content (AvgIpc) is 3.08. The standard InChI is InChI=1S/C27H31FN2/c1-26(2)16-22(17-27(3,4)18-26)25(21-10-12-23(28)13-11-21)20-8-6-19(7-9-20)24-14-15-30(5)29-24/h6-15H,16-18H2,1-5H3. The number of aryl methyl sites for hydroxylation is 1. The lowest BCUT2D eigenvalue weighted by molar-refractivity contribution is 0.154. The highest BCUT2D eigenvalue weighted by Crippen LogP contribution is 2.50. The first kappa shape index (κ1) is 20.6. The second-order valence-electron chi connectivity index (χ2n) is 10.3. The molecule has 1 aliphatic rings. The van der Waals surface area contributed by atoms with Crippen LogP contribution in [0.4, 0.5) is 4.39 Å². The summed E-state index contributed by atoms with van der Waals surface area (Å²) < 4.78 is 15.5. The molecule has 0 unspecified atom stereocenters. The van der Waals surface area contributed by atoms with Crippen LogP contribution in [-0.2, 0) is 7.05 Å². The molecule has 4 rings (SSSR count). The Hall–Kier alpha value is -2.68. The number of hydrogen-bond acceptors (Lipinski definition) is 1. The molecule has 1 heterocycles. The average molecular weight is 403 g/mol. The summed E-state index contributed by atoms with van der Waals surface area (Å²) in [6.07, 6.45) is 5.29. The highest BCUT2D eigenvalue weighted by molar-refractivity contribution is 5.83. The summed E-state index contributed by atoms with van der Waals surface area (Å²) in [4.78, 5) is 0. The van der Waals surface area contributed by atoms with Crippen molar-refractivity contribution in [1.82, 2.24) is 9.78 Å². The molecule has 2 aromatic carbocycles. The van der Waals surface area contributed by atoms with Gasteiger partial charge in [0.1, 0.15) is 5.82 Å². The van der Waals surface area contributed by atoms with Crippen LogP contribution in [0.3, 0.4) is 0 Å². The van der Waals surface area contributed by atoms with Gasteiger partial charge in [-0.25, -0.2) is 4.39 Å². The molecule has 0 radical (unpaired) electrons. The highest BCUT2D eigenvalue weighted by atomic mass is 19.1. The minimum absolute atomic E-state index is 0.196. The molecule has 156 valence electrons. The van der Waals surface area contributed by atoms with Gasteiger partial charge in [-0.3, -0.25) is 4.68 Å². The second kappa shape index (κ2) is 7.54. The van der Waals surface area contributed by atoms with E-state index < -0.39 is 0 Å². The molecule has 1 fully saturated rings. The van der Waals surface area contributed by atoms with Gasteiger partial charge in [0.25, 0.3) is 0 Å². The van der Waals surface area contributed by atoms with E-state index in [2.05, 4.69) is 57.1 Å². The van der Waals surface area contributed by atoms with E-state index in [-0.39, 0.29) is 16.6 Å². The quantitative estimate of drug-likeness (QED) is 0.450. The third kappa shape index (κ3) is 4.40. The van der Waals surface area contributed by atoms with Gasteiger partial charge in [-0.1, -0.05) is 69.7 Å². The molecule has 30 heavy (non-hydrogen) atoms. The van der Waals surface area contributed by atoms with E-state index in [1.165, 1.54) is 23.1 Å². The summed E-state index contributed by atoms with van der Waals surface area (Å²) in [5, 5.41) is 4.51. The lowest BCUT2D eigenvalue weighted by Gasteiger charge is -2.43. The van der Waals surface area contributed by atoms with E-state index >= 15 is 0 Å². The SMILES string of the molecule is Cn1ccc(-c2ccc(C(=C3CC(C)(C)CC(C)(C)C3)c3ccc(F)cc3)cc2)n1. The minimum Gasteiger partial charge on any atom is -0.275 e. The molecule has 1 saturated carbocycles. The molecule has 0 N–H and O–H groups in total. The van der Waals surface area contributed by atoms with Crippen molar-refractivity contribution < 1.29 is 4.39 Å². The lowest BCUT2D eigenvalue weighted by Crippen LogP contribution is -2.30. The Morgan fingerprint density at radius 2 is 1.37 bits per heavy atom. The van der Waals surface area contributed by atoms with E-state index in [0.717, 1.165) is 29.7 Å². The van der Waals surface area contributed by atoms with Crippen molar-refractivity contribution in [3.8, 4) is 11.3 Å². The molecule has 0 atom stereocenters. The monoisotopic (exact) mass is 402 g/mol. The molecule has 2 nitrogen and oxygen atoms in total. The van der Waals surface area contributed by atoms with Crippen LogP contribution in [-0.4, -0.2) is 9.78 Å². The number of allylic oxidation sites excluding steroid dienone is 1. The zero-order chi connectivity index (χ0) is 21.5. The normalized spacial score (nSPS) is 17.7. The number of benzene rings is 2. The van der Waals surface area contributed by atoms with Crippen LogP contribution in [0.2, 0.25) is 0 Å². The van der Waals surface area contributed by atoms with Gasteiger partial charge >= 0.3 is 0 Å². The maximum Gasteiger partial charge on any atom is 0.123 e. The van der Waals surface area contributed by atoms with Crippen molar-refractivity contribution in [1.29, 1.82) is 0 Å². The third-order valence-electron chi connectivity index (χ3n) is 6.01. The van der Waals surface area contributed by atoms with E-state index in [4.69, 9.17) is 0 Å². The summed E-state index contributed by atoms with van der Waals surface area (Å²) >= 11 is 0. The molecule has 3 aromatic rings. The van der Waals surface area contributed by atoms with Gasteiger partial charge in [-0.2, -0.15) is 5.10 Å². The van der Waals surface area contributed by atoms with E-state index in [1.807, 2.05) is 36.1 Å². The first-order chi connectivity index (χ1) is 14.1. The molecule has 1 aliphatic carbocycles. The Balaban J connectivity index is 1.83. The van der Waals surface area contributed by atoms with Crippen molar-refractivity contribution in [3.05, 3.63) is 83.3 Å². The van der Waals surface area contributed by atoms with Crippen LogP contribution in [0.5, 0.6) is 0 Å². The Morgan fingerprint density at radius 1 is 0.833 bits per heavy atom. The highest BCUT2D eigenvalue weighted by Gasteiger charge is 2.37. The lowest BCUT2D eigenvalue weighted by atomic mass is 9.62. The molecule has 3 heteroatoms. The van der Waals surface area contributed by atoms with Crippen molar-refractivity contribution in [2.45, 2.75) is 47.0 Å². The van der Waals surface area contributed by atoms with Gasteiger partial charge in [0, 0.05) is 18.8 Å². The predicted octanol–water partition coefficient (Wildman–Crippen LogP) is 7.26. The zero-order valence-corrected chi connectivity index (χ0v) is 18.7. The zero-order valence-electron chi connectivity index (χ0n) is 18.7. The maximum atomic E-state index is 13.7. The molecule has 0 bridgehead atoms. The largest absolute Gasteiger partial charge is 0.275 e. The molecule has 0 saturated heterocycles. The van der Waals surface area contributed by atoms with Gasteiger partial charge in [0.05, 0.1) is 5.69 Å². The Labute approximate surface area is 179 Å². The van der Waals surface area contributed by atoms with Gasteiger partial charge < -0.3 is 0 Å². The van der Waals surface area contributed by atoms with Gasteiger partial charge in [-0.15, -0.1) is 0 Å². The molecular weight excluding hydrogens is 371 g/mol. The summed E-state index contributed by atoms with van der Waals surface area (Å²) in [7, 11) is 1.93. The van der Waals surface area contributed by atoms with E-state index in [0.29, 0.717) is 0 Å². The predicted molar refractivity (Wildman–Crippen MR) is 122 cm³/mol. The fraction of sp³-hybridized carbons (Fsp3) is 0.370. The molecule has 1 aromatic heterocycles. The Morgan fingerprint density at radius 3 is 1.87 bits per heavy atom. The third-order valence-corrected chi connectivity index (χ3v) is 6.01. The van der Waals surface area contributed by atoms with Gasteiger partial charge in [-0.05, 0) is 65.0 Å². The molecule has 0 aliphatic heterocycles. The van der Waals surface area contributed by atoms with Crippen LogP contribution < -0.4 is 0 Å². The first-order valence-corrected chi connectivity index (χ1v) is 10.7. The number of aromatic nitrogens is 2. The topological polar surface area (TPSA) is 17.8 Å². The van der Waals surface area contributed by atoms with Gasteiger partial charge in [0.15, 0.2) is 0 Å². The van der Waals surface area contributed by atoms with Crippen LogP contribution in [0, 0.1) is 16.6 Å². The van der Waals surface area contributed by atoms with Crippen LogP contribution in [0.15, 0.2) is 66.4 Å². The van der Waals surface area contributed by atoms with Gasteiger partial charge in [0.2, 0.25) is 0 Å². The van der Waals surface area contributed by atoms with Crippen LogP contribution in [0.25, 0.3) is 16.8 Å². The smallest absolute Gasteiger partial charge is 0.123 e. The van der Waals surface area contributed by atoms with Crippen LogP contribution in [0.1, 0.15) is 58.1 Å². The number of halogens is 1. The fourth-order valence-electron chi connectivity index (χ4n) is 5.38. The van der Waals surface area contributed by atoms with E-state index in [1.54, 1.807) is 12.1 Å². The van der Waals surface area contributed by atoms with Crippen molar-refractivity contribution in [2.75, 3.05) is 0 Å². The molecular formula is C27H31FN2. The summed E-state index contributed by atoms with van der Waals surface area (Å²) in [5.74, 6) is -0.196. The van der Waals surface area contributed by atoms with Crippen molar-refractivity contribution in [2.24, 2.45) is 17.9 Å². The summed E-state index contributed by atoms with van der Waals surface area (Å²) in [5.41, 5.74) is 7.56. The number of rotatable bonds is 3.